The number of aryl methyl sites for hydroxylation is 1. The molecule has 5 nitrogen and oxygen atoms in total. The zero-order valence-electron chi connectivity index (χ0n) is 13.1. The minimum atomic E-state index is 0. The Morgan fingerprint density at radius 2 is 2.09 bits per heavy atom. The second-order valence-electron chi connectivity index (χ2n) is 5.81. The Bertz CT molecular complexity index is 692. The van der Waals surface area contributed by atoms with Gasteiger partial charge in [0.05, 0.1) is 5.69 Å². The van der Waals surface area contributed by atoms with E-state index < -0.39 is 0 Å². The first-order valence-corrected chi connectivity index (χ1v) is 7.55. The number of nitrogens with zero attached hydrogens (tertiary/aromatic N) is 3. The molecule has 1 aliphatic heterocycles. The van der Waals surface area contributed by atoms with E-state index in [-0.39, 0.29) is 18.0 Å². The minimum absolute atomic E-state index is 0. The van der Waals surface area contributed by atoms with Crippen molar-refractivity contribution in [3.8, 4) is 0 Å². The molecule has 0 spiro atoms. The molecule has 0 saturated carbocycles. The van der Waals surface area contributed by atoms with E-state index in [0.717, 1.165) is 49.4 Å². The molecule has 0 bridgehead atoms. The number of halogens is 1. The Morgan fingerprint density at radius 1 is 1.36 bits per heavy atom. The second kappa shape index (κ2) is 7.22. The van der Waals surface area contributed by atoms with Crippen LogP contribution in [-0.4, -0.2) is 40.5 Å². The highest BCUT2D eigenvalue weighted by atomic mass is 35.5. The molecule has 2 aromatic rings. The minimum Gasteiger partial charge on any atom is -0.317 e. The summed E-state index contributed by atoms with van der Waals surface area (Å²) >= 11 is 0. The molecule has 6 heteroatoms. The van der Waals surface area contributed by atoms with Crippen LogP contribution in [-0.2, 0) is 6.54 Å². The van der Waals surface area contributed by atoms with E-state index in [1.807, 2.05) is 26.1 Å². The van der Waals surface area contributed by atoms with Crippen LogP contribution in [0, 0.1) is 6.92 Å². The SMILES string of the molecule is CNC1CCN(Cc2cc(=O)n3cccc(C)c3n2)CC1.Cl. The summed E-state index contributed by atoms with van der Waals surface area (Å²) < 4.78 is 1.62. The van der Waals surface area contributed by atoms with Gasteiger partial charge in [0.1, 0.15) is 5.65 Å². The van der Waals surface area contributed by atoms with Crippen LogP contribution in [0.5, 0.6) is 0 Å². The van der Waals surface area contributed by atoms with E-state index in [9.17, 15) is 4.79 Å². The van der Waals surface area contributed by atoms with E-state index in [1.165, 1.54) is 0 Å². The number of fused-ring (bicyclic) bond motifs is 1. The Balaban J connectivity index is 0.00000176. The molecule has 1 aliphatic rings. The number of pyridine rings is 1. The molecule has 1 N–H and O–H groups in total. The van der Waals surface area contributed by atoms with Crippen LogP contribution in [0.25, 0.3) is 5.65 Å². The summed E-state index contributed by atoms with van der Waals surface area (Å²) in [6.45, 7) is 4.86. The number of rotatable bonds is 3. The largest absolute Gasteiger partial charge is 0.317 e. The van der Waals surface area contributed by atoms with Gasteiger partial charge in [-0.05, 0) is 38.4 Å². The summed E-state index contributed by atoms with van der Waals surface area (Å²) in [4.78, 5) is 19.2. The molecule has 3 heterocycles. The van der Waals surface area contributed by atoms with Crippen molar-refractivity contribution >= 4 is 18.1 Å². The monoisotopic (exact) mass is 322 g/mol. The third kappa shape index (κ3) is 3.48. The standard InChI is InChI=1S/C16H22N4O.ClH/c1-12-4-3-7-20-15(21)10-14(18-16(12)20)11-19-8-5-13(17-2)6-9-19;/h3-4,7,10,13,17H,5-6,8-9,11H2,1-2H3;1H. The van der Waals surface area contributed by atoms with Crippen LogP contribution in [0.2, 0.25) is 0 Å². The summed E-state index contributed by atoms with van der Waals surface area (Å²) in [6.07, 6.45) is 4.09. The zero-order chi connectivity index (χ0) is 14.8. The van der Waals surface area contributed by atoms with Gasteiger partial charge in [0.25, 0.3) is 5.56 Å². The predicted molar refractivity (Wildman–Crippen MR) is 90.8 cm³/mol. The third-order valence-electron chi connectivity index (χ3n) is 4.32. The van der Waals surface area contributed by atoms with E-state index in [2.05, 4.69) is 15.2 Å². The van der Waals surface area contributed by atoms with Gasteiger partial charge in [-0.15, -0.1) is 12.4 Å². The maximum atomic E-state index is 12.2. The fourth-order valence-electron chi connectivity index (χ4n) is 3.00. The van der Waals surface area contributed by atoms with Crippen molar-refractivity contribution in [2.45, 2.75) is 32.4 Å². The molecule has 3 rings (SSSR count). The van der Waals surface area contributed by atoms with E-state index in [1.54, 1.807) is 16.7 Å². The lowest BCUT2D eigenvalue weighted by atomic mass is 10.1. The summed E-state index contributed by atoms with van der Waals surface area (Å²) in [6, 6.07) is 6.16. The highest BCUT2D eigenvalue weighted by Gasteiger charge is 2.18. The first-order valence-electron chi connectivity index (χ1n) is 7.55. The van der Waals surface area contributed by atoms with Crippen molar-refractivity contribution in [1.29, 1.82) is 0 Å². The number of aromatic nitrogens is 2. The van der Waals surface area contributed by atoms with Crippen LogP contribution in [0.15, 0.2) is 29.2 Å². The van der Waals surface area contributed by atoms with Crippen molar-refractivity contribution in [2.75, 3.05) is 20.1 Å². The Kier molecular flexibility index (Phi) is 5.56. The number of piperidine rings is 1. The predicted octanol–water partition coefficient (Wildman–Crippen LogP) is 1.61. The fourth-order valence-corrected chi connectivity index (χ4v) is 3.00. The summed E-state index contributed by atoms with van der Waals surface area (Å²) in [5, 5.41) is 3.33. The molecular formula is C16H23ClN4O. The number of likely N-dealkylation sites (tertiary alicyclic amines) is 1. The molecular weight excluding hydrogens is 300 g/mol. The average molecular weight is 323 g/mol. The lowest BCUT2D eigenvalue weighted by Gasteiger charge is -2.31. The molecule has 1 fully saturated rings. The van der Waals surface area contributed by atoms with Crippen LogP contribution in [0.4, 0.5) is 0 Å². The lowest BCUT2D eigenvalue weighted by Crippen LogP contribution is -2.41. The van der Waals surface area contributed by atoms with Crippen molar-refractivity contribution < 1.29 is 0 Å². The summed E-state index contributed by atoms with van der Waals surface area (Å²) in [5.41, 5.74) is 2.68. The Hall–Kier alpha value is -1.43. The lowest BCUT2D eigenvalue weighted by molar-refractivity contribution is 0.192. The molecule has 0 aliphatic carbocycles. The Labute approximate surface area is 136 Å². The van der Waals surface area contributed by atoms with E-state index in [0.29, 0.717) is 6.04 Å². The van der Waals surface area contributed by atoms with Gasteiger partial charge in [-0.25, -0.2) is 4.98 Å². The molecule has 2 aromatic heterocycles. The first kappa shape index (κ1) is 16.9. The van der Waals surface area contributed by atoms with Crippen LogP contribution >= 0.6 is 12.4 Å². The van der Waals surface area contributed by atoms with Gasteiger partial charge in [-0.3, -0.25) is 14.1 Å². The molecule has 0 atom stereocenters. The molecule has 0 radical (unpaired) electrons. The van der Waals surface area contributed by atoms with E-state index >= 15 is 0 Å². The Morgan fingerprint density at radius 3 is 2.77 bits per heavy atom. The topological polar surface area (TPSA) is 49.6 Å². The van der Waals surface area contributed by atoms with Crippen LogP contribution in [0.1, 0.15) is 24.1 Å². The van der Waals surface area contributed by atoms with Gasteiger partial charge in [0.15, 0.2) is 0 Å². The van der Waals surface area contributed by atoms with E-state index in [4.69, 9.17) is 0 Å². The molecule has 1 saturated heterocycles. The molecule has 120 valence electrons. The van der Waals surface area contributed by atoms with Crippen LogP contribution < -0.4 is 10.9 Å². The maximum Gasteiger partial charge on any atom is 0.258 e. The molecule has 0 aromatic carbocycles. The quantitative estimate of drug-likeness (QED) is 0.932. The van der Waals surface area contributed by atoms with Gasteiger partial charge < -0.3 is 5.32 Å². The van der Waals surface area contributed by atoms with Crippen molar-refractivity contribution in [1.82, 2.24) is 19.6 Å². The zero-order valence-corrected chi connectivity index (χ0v) is 13.9. The normalized spacial score (nSPS) is 16.6. The summed E-state index contributed by atoms with van der Waals surface area (Å²) in [5.74, 6) is 0. The van der Waals surface area contributed by atoms with Gasteiger partial charge in [-0.2, -0.15) is 0 Å². The van der Waals surface area contributed by atoms with Crippen molar-refractivity contribution in [2.24, 2.45) is 0 Å². The van der Waals surface area contributed by atoms with Crippen molar-refractivity contribution in [3.63, 3.8) is 0 Å². The maximum absolute atomic E-state index is 12.2. The van der Waals surface area contributed by atoms with Crippen molar-refractivity contribution in [3.05, 3.63) is 46.0 Å². The number of hydrogen-bond donors (Lipinski definition) is 1. The van der Waals surface area contributed by atoms with Gasteiger partial charge in [-0.1, -0.05) is 6.07 Å². The van der Waals surface area contributed by atoms with Crippen LogP contribution in [0.3, 0.4) is 0 Å². The third-order valence-corrected chi connectivity index (χ3v) is 4.32. The number of hydrogen-bond acceptors (Lipinski definition) is 4. The van der Waals surface area contributed by atoms with Gasteiger partial charge >= 0.3 is 0 Å². The number of nitrogens with one attached hydrogen (secondary N) is 1. The first-order chi connectivity index (χ1) is 10.2. The second-order valence-corrected chi connectivity index (χ2v) is 5.81. The summed E-state index contributed by atoms with van der Waals surface area (Å²) in [7, 11) is 2.02. The van der Waals surface area contributed by atoms with Gasteiger partial charge in [0, 0.05) is 37.9 Å². The average Bonchev–Trinajstić information content (AvgIpc) is 2.49. The highest BCUT2D eigenvalue weighted by molar-refractivity contribution is 5.85. The molecule has 0 unspecified atom stereocenters. The molecule has 0 amide bonds. The smallest absolute Gasteiger partial charge is 0.258 e. The van der Waals surface area contributed by atoms with Gasteiger partial charge in [0.2, 0.25) is 0 Å². The molecule has 22 heavy (non-hydrogen) atoms. The fraction of sp³-hybridized carbons (Fsp3) is 0.500. The highest BCUT2D eigenvalue weighted by Crippen LogP contribution is 2.13.